The molecule has 0 saturated carbocycles. The molecule has 1 aromatic carbocycles. The van der Waals surface area contributed by atoms with Crippen LogP contribution in [0, 0.1) is 0 Å². The molecule has 5 heteroatoms. The van der Waals surface area contributed by atoms with E-state index in [1.165, 1.54) is 0 Å². The Bertz CT molecular complexity index is 593. The number of carbonyl (C=O) groups is 2. The highest BCUT2D eigenvalue weighted by Crippen LogP contribution is 2.41. The lowest BCUT2D eigenvalue weighted by atomic mass is 9.94. The number of hydrogen-bond donors (Lipinski definition) is 1. The Hall–Kier alpha value is -1.49. The summed E-state index contributed by atoms with van der Waals surface area (Å²) in [6.45, 7) is 2.70. The zero-order chi connectivity index (χ0) is 15.0. The van der Waals surface area contributed by atoms with Gasteiger partial charge in [-0.1, -0.05) is 6.07 Å². The standard InChI is InChI=1S/C16H19NO3S/c1-16(8-4-10-21-16)15(20)17-9-3-6-11-12(14(18)19)5-2-7-13(11)17/h2,5,7H,3-4,6,8-10H2,1H3,(H,18,19). The van der Waals surface area contributed by atoms with Crippen molar-refractivity contribution in [2.45, 2.75) is 37.4 Å². The second kappa shape index (κ2) is 5.37. The molecule has 1 saturated heterocycles. The van der Waals surface area contributed by atoms with Gasteiger partial charge in [-0.15, -0.1) is 11.8 Å². The van der Waals surface area contributed by atoms with Crippen LogP contribution in [0.5, 0.6) is 0 Å². The van der Waals surface area contributed by atoms with Gasteiger partial charge in [-0.2, -0.15) is 0 Å². The van der Waals surface area contributed by atoms with Crippen molar-refractivity contribution in [2.75, 3.05) is 17.2 Å². The van der Waals surface area contributed by atoms with E-state index in [2.05, 4.69) is 0 Å². The number of nitrogens with zero attached hydrogens (tertiary/aromatic N) is 1. The normalized spacial score (nSPS) is 24.7. The van der Waals surface area contributed by atoms with Gasteiger partial charge in [-0.3, -0.25) is 4.79 Å². The Morgan fingerprint density at radius 2 is 2.14 bits per heavy atom. The highest BCUT2D eigenvalue weighted by Gasteiger charge is 2.41. The highest BCUT2D eigenvalue weighted by molar-refractivity contribution is 8.01. The van der Waals surface area contributed by atoms with E-state index in [1.54, 1.807) is 23.9 Å². The molecule has 1 atom stereocenters. The van der Waals surface area contributed by atoms with Crippen molar-refractivity contribution in [3.63, 3.8) is 0 Å². The molecule has 2 aliphatic heterocycles. The number of rotatable bonds is 2. The summed E-state index contributed by atoms with van der Waals surface area (Å²) < 4.78 is -0.353. The van der Waals surface area contributed by atoms with Crippen LogP contribution in [-0.2, 0) is 11.2 Å². The summed E-state index contributed by atoms with van der Waals surface area (Å²) in [7, 11) is 0. The van der Waals surface area contributed by atoms with Crippen LogP contribution in [0.1, 0.15) is 42.1 Å². The second-order valence-corrected chi connectivity index (χ2v) is 7.45. The van der Waals surface area contributed by atoms with Crippen LogP contribution in [0.2, 0.25) is 0 Å². The van der Waals surface area contributed by atoms with E-state index in [1.807, 2.05) is 17.9 Å². The van der Waals surface area contributed by atoms with Crippen LogP contribution < -0.4 is 4.90 Å². The van der Waals surface area contributed by atoms with Crippen molar-refractivity contribution in [1.29, 1.82) is 0 Å². The summed E-state index contributed by atoms with van der Waals surface area (Å²) in [6.07, 6.45) is 3.53. The average Bonchev–Trinajstić information content (AvgIpc) is 2.93. The number of carboxylic acid groups (broad SMARTS) is 1. The summed E-state index contributed by atoms with van der Waals surface area (Å²) >= 11 is 1.72. The Balaban J connectivity index is 1.99. The first kappa shape index (κ1) is 14.4. The largest absolute Gasteiger partial charge is 0.478 e. The van der Waals surface area contributed by atoms with E-state index in [-0.39, 0.29) is 10.7 Å². The van der Waals surface area contributed by atoms with Crippen LogP contribution >= 0.6 is 11.8 Å². The molecule has 3 rings (SSSR count). The van der Waals surface area contributed by atoms with Crippen molar-refractivity contribution in [3.05, 3.63) is 29.3 Å². The van der Waals surface area contributed by atoms with Crippen LogP contribution in [-0.4, -0.2) is 34.0 Å². The number of anilines is 1. The molecule has 0 bridgehead atoms. The van der Waals surface area contributed by atoms with E-state index in [0.717, 1.165) is 42.7 Å². The van der Waals surface area contributed by atoms with E-state index < -0.39 is 5.97 Å². The molecule has 0 aliphatic carbocycles. The van der Waals surface area contributed by atoms with Gasteiger partial charge in [0.15, 0.2) is 0 Å². The number of amides is 1. The molecule has 4 nitrogen and oxygen atoms in total. The minimum absolute atomic E-state index is 0.133. The lowest BCUT2D eigenvalue weighted by molar-refractivity contribution is -0.120. The van der Waals surface area contributed by atoms with Crippen LogP contribution in [0.4, 0.5) is 5.69 Å². The molecule has 1 N–H and O–H groups in total. The zero-order valence-corrected chi connectivity index (χ0v) is 12.9. The van der Waals surface area contributed by atoms with Crippen molar-refractivity contribution < 1.29 is 14.7 Å². The maximum atomic E-state index is 12.9. The number of fused-ring (bicyclic) bond motifs is 1. The number of thioether (sulfide) groups is 1. The second-order valence-electron chi connectivity index (χ2n) is 5.85. The van der Waals surface area contributed by atoms with Gasteiger partial charge < -0.3 is 10.0 Å². The average molecular weight is 305 g/mol. The van der Waals surface area contributed by atoms with Crippen LogP contribution in [0.3, 0.4) is 0 Å². The third kappa shape index (κ3) is 2.44. The number of carbonyl (C=O) groups excluding carboxylic acids is 1. The third-order valence-electron chi connectivity index (χ3n) is 4.40. The molecule has 1 fully saturated rings. The minimum Gasteiger partial charge on any atom is -0.478 e. The Kier molecular flexibility index (Phi) is 3.69. The smallest absolute Gasteiger partial charge is 0.336 e. The van der Waals surface area contributed by atoms with E-state index >= 15 is 0 Å². The quantitative estimate of drug-likeness (QED) is 0.912. The molecule has 1 aromatic rings. The van der Waals surface area contributed by atoms with Gasteiger partial charge in [-0.05, 0) is 56.1 Å². The van der Waals surface area contributed by atoms with Gasteiger partial charge in [0.2, 0.25) is 5.91 Å². The first-order valence-electron chi connectivity index (χ1n) is 7.34. The van der Waals surface area contributed by atoms with Crippen molar-refractivity contribution in [2.24, 2.45) is 0 Å². The summed E-state index contributed by atoms with van der Waals surface area (Å²) in [5, 5.41) is 9.32. The molecule has 2 aliphatic rings. The van der Waals surface area contributed by atoms with Crippen molar-refractivity contribution in [3.8, 4) is 0 Å². The van der Waals surface area contributed by atoms with Crippen LogP contribution in [0.25, 0.3) is 0 Å². The number of aromatic carboxylic acids is 1. The third-order valence-corrected chi connectivity index (χ3v) is 5.91. The maximum absolute atomic E-state index is 12.9. The first-order valence-corrected chi connectivity index (χ1v) is 8.32. The Morgan fingerprint density at radius 1 is 1.33 bits per heavy atom. The number of carboxylic acids is 1. The van der Waals surface area contributed by atoms with Crippen LogP contribution in [0.15, 0.2) is 18.2 Å². The molecular formula is C16H19NO3S. The highest BCUT2D eigenvalue weighted by atomic mass is 32.2. The van der Waals surface area contributed by atoms with Gasteiger partial charge in [0.05, 0.1) is 10.3 Å². The fraction of sp³-hybridized carbons (Fsp3) is 0.500. The predicted octanol–water partition coefficient (Wildman–Crippen LogP) is 2.95. The fourth-order valence-corrected chi connectivity index (χ4v) is 4.53. The lowest BCUT2D eigenvalue weighted by Crippen LogP contribution is -2.46. The Labute approximate surface area is 128 Å². The Morgan fingerprint density at radius 3 is 2.81 bits per heavy atom. The monoisotopic (exact) mass is 305 g/mol. The number of benzene rings is 1. The lowest BCUT2D eigenvalue weighted by Gasteiger charge is -2.35. The molecule has 0 spiro atoms. The summed E-state index contributed by atoms with van der Waals surface area (Å²) in [5.74, 6) is 0.244. The molecule has 21 heavy (non-hydrogen) atoms. The molecule has 0 radical (unpaired) electrons. The maximum Gasteiger partial charge on any atom is 0.336 e. The fourth-order valence-electron chi connectivity index (χ4n) is 3.27. The summed E-state index contributed by atoms with van der Waals surface area (Å²) in [4.78, 5) is 26.1. The van der Waals surface area contributed by atoms with Gasteiger partial charge in [-0.25, -0.2) is 4.79 Å². The molecule has 0 aromatic heterocycles. The van der Waals surface area contributed by atoms with E-state index in [4.69, 9.17) is 0 Å². The van der Waals surface area contributed by atoms with E-state index in [0.29, 0.717) is 12.1 Å². The van der Waals surface area contributed by atoms with Gasteiger partial charge in [0.25, 0.3) is 0 Å². The summed E-state index contributed by atoms with van der Waals surface area (Å²) in [6, 6.07) is 5.24. The van der Waals surface area contributed by atoms with E-state index in [9.17, 15) is 14.7 Å². The van der Waals surface area contributed by atoms with Gasteiger partial charge >= 0.3 is 5.97 Å². The van der Waals surface area contributed by atoms with Gasteiger partial charge in [0.1, 0.15) is 0 Å². The molecular weight excluding hydrogens is 286 g/mol. The molecule has 1 amide bonds. The van der Waals surface area contributed by atoms with Crippen molar-refractivity contribution >= 4 is 29.3 Å². The van der Waals surface area contributed by atoms with Crippen molar-refractivity contribution in [1.82, 2.24) is 0 Å². The molecule has 112 valence electrons. The first-order chi connectivity index (χ1) is 10.0. The molecule has 2 heterocycles. The molecule has 1 unspecified atom stereocenters. The SMILES string of the molecule is CC1(C(=O)N2CCCc3c(C(=O)O)cccc32)CCCS1. The minimum atomic E-state index is -0.914. The topological polar surface area (TPSA) is 57.6 Å². The zero-order valence-electron chi connectivity index (χ0n) is 12.1. The predicted molar refractivity (Wildman–Crippen MR) is 84.2 cm³/mol. The summed E-state index contributed by atoms with van der Waals surface area (Å²) in [5.41, 5.74) is 1.92. The van der Waals surface area contributed by atoms with Gasteiger partial charge in [0, 0.05) is 12.2 Å². The number of hydrogen-bond acceptors (Lipinski definition) is 3.